The van der Waals surface area contributed by atoms with Crippen molar-refractivity contribution in [3.05, 3.63) is 16.8 Å². The van der Waals surface area contributed by atoms with Crippen LogP contribution in [0, 0.1) is 19.8 Å². The molecule has 1 unspecified atom stereocenters. The van der Waals surface area contributed by atoms with Gasteiger partial charge in [0.05, 0.1) is 12.0 Å². The third-order valence-corrected chi connectivity index (χ3v) is 5.89. The number of aliphatic hydroxyl groups excluding tert-OH is 1. The Labute approximate surface area is 145 Å². The topological polar surface area (TPSA) is 78.4 Å². The number of aryl methyl sites for hydroxylation is 2. The molecule has 2 aromatic rings. The number of carbonyl (C=O) groups excluding carboxylic acids is 1. The van der Waals surface area contributed by atoms with E-state index in [2.05, 4.69) is 34.0 Å². The zero-order valence-corrected chi connectivity index (χ0v) is 15.2. The molecule has 1 atom stereocenters. The first-order valence-electron chi connectivity index (χ1n) is 8.38. The molecule has 2 aromatic heterocycles. The fourth-order valence-electron chi connectivity index (χ4n) is 3.16. The Kier molecular flexibility index (Phi) is 5.01. The maximum atomic E-state index is 12.2. The lowest BCUT2D eigenvalue weighted by Crippen LogP contribution is -2.44. The summed E-state index contributed by atoms with van der Waals surface area (Å²) >= 11 is 1.71. The van der Waals surface area contributed by atoms with Crippen LogP contribution in [-0.2, 0) is 4.79 Å². The van der Waals surface area contributed by atoms with Gasteiger partial charge in [0, 0.05) is 29.9 Å². The second-order valence-electron chi connectivity index (χ2n) is 6.51. The number of carbonyl (C=O) groups is 1. The summed E-state index contributed by atoms with van der Waals surface area (Å²) in [5, 5.41) is 13.1. The Morgan fingerprint density at radius 2 is 2.12 bits per heavy atom. The highest BCUT2D eigenvalue weighted by Gasteiger charge is 2.27. The molecule has 2 N–H and O–H groups in total. The molecule has 7 heteroatoms. The first-order chi connectivity index (χ1) is 11.5. The largest absolute Gasteiger partial charge is 0.394 e. The molecule has 0 aromatic carbocycles. The van der Waals surface area contributed by atoms with Crippen LogP contribution in [0.4, 0.5) is 5.82 Å². The fraction of sp³-hybridized carbons (Fsp3) is 0.588. The van der Waals surface area contributed by atoms with E-state index in [0.717, 1.165) is 42.0 Å². The van der Waals surface area contributed by atoms with E-state index >= 15 is 0 Å². The summed E-state index contributed by atoms with van der Waals surface area (Å²) in [6.07, 6.45) is 3.24. The maximum absolute atomic E-state index is 12.2. The van der Waals surface area contributed by atoms with Crippen molar-refractivity contribution in [1.82, 2.24) is 15.3 Å². The molecule has 6 nitrogen and oxygen atoms in total. The summed E-state index contributed by atoms with van der Waals surface area (Å²) in [5.74, 6) is 1.05. The van der Waals surface area contributed by atoms with Crippen LogP contribution in [-0.4, -0.2) is 46.7 Å². The van der Waals surface area contributed by atoms with Crippen molar-refractivity contribution in [3.8, 4) is 0 Å². The number of nitrogens with one attached hydrogen (secondary N) is 1. The van der Waals surface area contributed by atoms with Gasteiger partial charge in [-0.15, -0.1) is 11.3 Å². The number of fused-ring (bicyclic) bond motifs is 1. The normalized spacial score (nSPS) is 17.2. The van der Waals surface area contributed by atoms with E-state index in [1.165, 1.54) is 10.4 Å². The SMILES string of the molecule is Cc1sc2ncnc(N3CCC(C(=O)NC(C)CO)CC3)c2c1C. The molecule has 0 bridgehead atoms. The van der Waals surface area contributed by atoms with Gasteiger partial charge >= 0.3 is 0 Å². The number of anilines is 1. The molecule has 1 aliphatic heterocycles. The summed E-state index contributed by atoms with van der Waals surface area (Å²) in [5.41, 5.74) is 1.25. The van der Waals surface area contributed by atoms with Crippen LogP contribution in [0.15, 0.2) is 6.33 Å². The number of amides is 1. The summed E-state index contributed by atoms with van der Waals surface area (Å²) in [6, 6.07) is -0.187. The van der Waals surface area contributed by atoms with Crippen molar-refractivity contribution in [2.24, 2.45) is 5.92 Å². The molecule has 1 fully saturated rings. The summed E-state index contributed by atoms with van der Waals surface area (Å²) in [7, 11) is 0. The minimum atomic E-state index is -0.187. The molecule has 1 aliphatic rings. The van der Waals surface area contributed by atoms with E-state index in [1.807, 2.05) is 6.92 Å². The molecule has 0 saturated carbocycles. The number of aromatic nitrogens is 2. The number of piperidine rings is 1. The Balaban J connectivity index is 1.72. The van der Waals surface area contributed by atoms with Crippen LogP contribution in [0.25, 0.3) is 10.2 Å². The monoisotopic (exact) mass is 348 g/mol. The zero-order valence-electron chi connectivity index (χ0n) is 14.4. The third-order valence-electron chi connectivity index (χ3n) is 4.77. The zero-order chi connectivity index (χ0) is 17.3. The molecular formula is C17H24N4O2S. The van der Waals surface area contributed by atoms with Crippen molar-refractivity contribution in [2.75, 3.05) is 24.6 Å². The maximum Gasteiger partial charge on any atom is 0.223 e. The third kappa shape index (κ3) is 3.23. The predicted molar refractivity (Wildman–Crippen MR) is 96.5 cm³/mol. The lowest BCUT2D eigenvalue weighted by Gasteiger charge is -2.33. The molecule has 1 amide bonds. The molecule has 1 saturated heterocycles. The van der Waals surface area contributed by atoms with Crippen molar-refractivity contribution in [1.29, 1.82) is 0 Å². The molecule has 0 spiro atoms. The van der Waals surface area contributed by atoms with Gasteiger partial charge in [0.15, 0.2) is 0 Å². The van der Waals surface area contributed by atoms with Crippen LogP contribution >= 0.6 is 11.3 Å². The van der Waals surface area contributed by atoms with Gasteiger partial charge in [-0.05, 0) is 39.2 Å². The van der Waals surface area contributed by atoms with Gasteiger partial charge < -0.3 is 15.3 Å². The average molecular weight is 348 g/mol. The fourth-order valence-corrected chi connectivity index (χ4v) is 4.15. The molecular weight excluding hydrogens is 324 g/mol. The van der Waals surface area contributed by atoms with E-state index in [0.29, 0.717) is 0 Å². The van der Waals surface area contributed by atoms with Gasteiger partial charge in [0.1, 0.15) is 17.0 Å². The number of thiophene rings is 1. The van der Waals surface area contributed by atoms with Gasteiger partial charge in [0.25, 0.3) is 0 Å². The number of hydrogen-bond donors (Lipinski definition) is 2. The van der Waals surface area contributed by atoms with E-state index in [4.69, 9.17) is 5.11 Å². The van der Waals surface area contributed by atoms with Crippen molar-refractivity contribution < 1.29 is 9.90 Å². The van der Waals surface area contributed by atoms with Gasteiger partial charge in [0.2, 0.25) is 5.91 Å². The minimum absolute atomic E-state index is 0.0119. The Morgan fingerprint density at radius 1 is 1.42 bits per heavy atom. The summed E-state index contributed by atoms with van der Waals surface area (Å²) in [4.78, 5) is 25.7. The van der Waals surface area contributed by atoms with Crippen molar-refractivity contribution in [3.63, 3.8) is 0 Å². The Bertz CT molecular complexity index is 738. The Hall–Kier alpha value is -1.73. The highest BCUT2D eigenvalue weighted by Crippen LogP contribution is 2.35. The van der Waals surface area contributed by atoms with Crippen LogP contribution in [0.5, 0.6) is 0 Å². The van der Waals surface area contributed by atoms with E-state index < -0.39 is 0 Å². The second-order valence-corrected chi connectivity index (χ2v) is 7.72. The highest BCUT2D eigenvalue weighted by molar-refractivity contribution is 7.18. The smallest absolute Gasteiger partial charge is 0.223 e. The Morgan fingerprint density at radius 3 is 2.79 bits per heavy atom. The number of rotatable bonds is 4. The second kappa shape index (κ2) is 7.03. The van der Waals surface area contributed by atoms with Gasteiger partial charge in [-0.2, -0.15) is 0 Å². The summed E-state index contributed by atoms with van der Waals surface area (Å²) in [6.45, 7) is 7.65. The van der Waals surface area contributed by atoms with Gasteiger partial charge in [-0.1, -0.05) is 0 Å². The number of aliphatic hydroxyl groups is 1. The van der Waals surface area contributed by atoms with Crippen LogP contribution < -0.4 is 10.2 Å². The van der Waals surface area contributed by atoms with Crippen LogP contribution in [0.3, 0.4) is 0 Å². The molecule has 130 valence electrons. The quantitative estimate of drug-likeness (QED) is 0.884. The first-order valence-corrected chi connectivity index (χ1v) is 9.19. The first kappa shape index (κ1) is 17.1. The van der Waals surface area contributed by atoms with Crippen LogP contribution in [0.1, 0.15) is 30.2 Å². The molecule has 0 aliphatic carbocycles. The van der Waals surface area contributed by atoms with Crippen LogP contribution in [0.2, 0.25) is 0 Å². The van der Waals surface area contributed by atoms with Crippen molar-refractivity contribution in [2.45, 2.75) is 39.7 Å². The molecule has 3 heterocycles. The highest BCUT2D eigenvalue weighted by atomic mass is 32.1. The van der Waals surface area contributed by atoms with E-state index in [9.17, 15) is 4.79 Å². The standard InChI is InChI=1S/C17H24N4O2S/c1-10(8-22)20-16(23)13-4-6-21(7-5-13)15-14-11(2)12(3)24-17(14)19-9-18-15/h9-10,13,22H,4-8H2,1-3H3,(H,20,23). The summed E-state index contributed by atoms with van der Waals surface area (Å²) < 4.78 is 0. The van der Waals surface area contributed by atoms with E-state index in [1.54, 1.807) is 17.7 Å². The molecule has 24 heavy (non-hydrogen) atoms. The molecule has 3 rings (SSSR count). The molecule has 0 radical (unpaired) electrons. The van der Waals surface area contributed by atoms with Crippen molar-refractivity contribution >= 4 is 33.3 Å². The minimum Gasteiger partial charge on any atom is -0.394 e. The number of hydrogen-bond acceptors (Lipinski definition) is 6. The number of nitrogens with zero attached hydrogens (tertiary/aromatic N) is 3. The average Bonchev–Trinajstić information content (AvgIpc) is 2.89. The lowest BCUT2D eigenvalue weighted by atomic mass is 9.95. The van der Waals surface area contributed by atoms with Gasteiger partial charge in [-0.25, -0.2) is 9.97 Å². The van der Waals surface area contributed by atoms with E-state index in [-0.39, 0.29) is 24.5 Å². The predicted octanol–water partition coefficient (Wildman–Crippen LogP) is 2.02. The lowest BCUT2D eigenvalue weighted by molar-refractivity contribution is -0.126. The van der Waals surface area contributed by atoms with Gasteiger partial charge in [-0.3, -0.25) is 4.79 Å².